The van der Waals surface area contributed by atoms with Crippen LogP contribution in [-0.2, 0) is 0 Å². The molecule has 1 aliphatic carbocycles. The summed E-state index contributed by atoms with van der Waals surface area (Å²) in [5, 5.41) is 18.6. The van der Waals surface area contributed by atoms with Gasteiger partial charge in [0.15, 0.2) is 0 Å². The number of aromatic nitrogens is 3. The molecule has 6 nitrogen and oxygen atoms in total. The third kappa shape index (κ3) is 3.26. The summed E-state index contributed by atoms with van der Waals surface area (Å²) >= 11 is 0. The first kappa shape index (κ1) is 12.0. The highest BCUT2D eigenvalue weighted by Gasteiger charge is 2.20. The summed E-state index contributed by atoms with van der Waals surface area (Å²) in [7, 11) is 0. The van der Waals surface area contributed by atoms with Crippen molar-refractivity contribution in [1.29, 1.82) is 0 Å². The smallest absolute Gasteiger partial charge is 0.290 e. The van der Waals surface area contributed by atoms with Gasteiger partial charge >= 0.3 is 0 Å². The second kappa shape index (κ2) is 5.27. The summed E-state index contributed by atoms with van der Waals surface area (Å²) in [4.78, 5) is 15.6. The third-order valence-corrected chi connectivity index (χ3v) is 3.17. The van der Waals surface area contributed by atoms with Gasteiger partial charge in [0.25, 0.3) is 5.91 Å². The van der Waals surface area contributed by atoms with Gasteiger partial charge in [-0.2, -0.15) is 0 Å². The van der Waals surface area contributed by atoms with Gasteiger partial charge in [-0.05, 0) is 38.5 Å². The van der Waals surface area contributed by atoms with Crippen LogP contribution in [0.5, 0.6) is 0 Å². The van der Waals surface area contributed by atoms with Crippen molar-refractivity contribution in [3.8, 4) is 0 Å². The molecule has 0 bridgehead atoms. The number of rotatable bonds is 3. The number of amides is 1. The maximum Gasteiger partial charge on any atom is 0.290 e. The molecule has 0 unspecified atom stereocenters. The zero-order valence-corrected chi connectivity index (χ0v) is 9.94. The van der Waals surface area contributed by atoms with Crippen LogP contribution < -0.4 is 5.32 Å². The van der Waals surface area contributed by atoms with E-state index in [0.29, 0.717) is 18.3 Å². The average molecular weight is 238 g/mol. The number of carbonyl (C=O) groups excluding carboxylic acids is 1. The van der Waals surface area contributed by atoms with Crippen LogP contribution in [0.15, 0.2) is 0 Å². The molecule has 0 saturated heterocycles. The highest BCUT2D eigenvalue weighted by molar-refractivity contribution is 5.90. The Kier molecular flexibility index (Phi) is 3.73. The summed E-state index contributed by atoms with van der Waals surface area (Å²) in [6.07, 6.45) is 3.45. The molecule has 2 rings (SSSR count). The molecule has 0 spiro atoms. The summed E-state index contributed by atoms with van der Waals surface area (Å²) in [6, 6.07) is 0. The number of H-pyrrole nitrogens is 1. The zero-order chi connectivity index (χ0) is 12.3. The van der Waals surface area contributed by atoms with Crippen molar-refractivity contribution in [2.45, 2.75) is 38.7 Å². The lowest BCUT2D eigenvalue weighted by Crippen LogP contribution is -2.32. The largest absolute Gasteiger partial charge is 0.393 e. The topological polar surface area (TPSA) is 90.9 Å². The van der Waals surface area contributed by atoms with Gasteiger partial charge < -0.3 is 10.4 Å². The Morgan fingerprint density at radius 2 is 2.18 bits per heavy atom. The number of nitrogens with zero attached hydrogens (tertiary/aromatic N) is 2. The molecule has 0 aliphatic heterocycles. The van der Waals surface area contributed by atoms with Gasteiger partial charge in [-0.15, -0.1) is 5.10 Å². The van der Waals surface area contributed by atoms with Crippen LogP contribution in [-0.4, -0.2) is 38.8 Å². The molecule has 1 aromatic heterocycles. The molecule has 1 heterocycles. The molecule has 1 aromatic rings. The molecule has 17 heavy (non-hydrogen) atoms. The van der Waals surface area contributed by atoms with Crippen molar-refractivity contribution in [3.05, 3.63) is 11.6 Å². The van der Waals surface area contributed by atoms with Crippen LogP contribution >= 0.6 is 0 Å². The lowest BCUT2D eigenvalue weighted by atomic mass is 9.87. The van der Waals surface area contributed by atoms with Gasteiger partial charge in [-0.3, -0.25) is 9.89 Å². The van der Waals surface area contributed by atoms with Crippen molar-refractivity contribution >= 4 is 5.91 Å². The fourth-order valence-corrected chi connectivity index (χ4v) is 2.11. The number of carbonyl (C=O) groups is 1. The Hall–Kier alpha value is -1.43. The first-order chi connectivity index (χ1) is 8.15. The van der Waals surface area contributed by atoms with Crippen LogP contribution in [0.3, 0.4) is 0 Å². The van der Waals surface area contributed by atoms with Gasteiger partial charge in [-0.1, -0.05) is 0 Å². The molecule has 6 heteroatoms. The first-order valence-corrected chi connectivity index (χ1v) is 6.00. The normalized spacial score (nSPS) is 24.6. The van der Waals surface area contributed by atoms with Crippen molar-refractivity contribution in [2.75, 3.05) is 6.54 Å². The highest BCUT2D eigenvalue weighted by Crippen LogP contribution is 2.23. The molecule has 94 valence electrons. The van der Waals surface area contributed by atoms with Gasteiger partial charge in [0.2, 0.25) is 5.82 Å². The fraction of sp³-hybridized carbons (Fsp3) is 0.727. The molecule has 1 saturated carbocycles. The number of hydrogen-bond donors (Lipinski definition) is 3. The minimum absolute atomic E-state index is 0.155. The number of aryl methyl sites for hydroxylation is 1. The standard InChI is InChI=1S/C11H18N4O2/c1-7-13-10(15-14-7)11(17)12-6-8-2-4-9(16)5-3-8/h8-9,16H,2-6H2,1H3,(H,12,17)(H,13,14,15). The Morgan fingerprint density at radius 1 is 1.47 bits per heavy atom. The van der Waals surface area contributed by atoms with E-state index in [1.165, 1.54) is 0 Å². The van der Waals surface area contributed by atoms with Crippen LogP contribution in [0.2, 0.25) is 0 Å². The summed E-state index contributed by atoms with van der Waals surface area (Å²) in [5.41, 5.74) is 0. The Balaban J connectivity index is 1.76. The van der Waals surface area contributed by atoms with Crippen molar-refractivity contribution < 1.29 is 9.90 Å². The van der Waals surface area contributed by atoms with Gasteiger partial charge in [-0.25, -0.2) is 4.98 Å². The number of aliphatic hydroxyl groups is 1. The van der Waals surface area contributed by atoms with Crippen molar-refractivity contribution in [1.82, 2.24) is 20.5 Å². The number of aliphatic hydroxyl groups excluding tert-OH is 1. The third-order valence-electron chi connectivity index (χ3n) is 3.17. The Morgan fingerprint density at radius 3 is 2.76 bits per heavy atom. The van der Waals surface area contributed by atoms with Crippen LogP contribution in [0.4, 0.5) is 0 Å². The van der Waals surface area contributed by atoms with Crippen LogP contribution in [0, 0.1) is 12.8 Å². The monoisotopic (exact) mass is 238 g/mol. The molecule has 3 N–H and O–H groups in total. The quantitative estimate of drug-likeness (QED) is 0.710. The van der Waals surface area contributed by atoms with E-state index in [9.17, 15) is 9.90 Å². The molecule has 1 aliphatic rings. The van der Waals surface area contributed by atoms with E-state index >= 15 is 0 Å². The Bertz CT molecular complexity index is 383. The molecule has 0 atom stereocenters. The molecular weight excluding hydrogens is 220 g/mol. The molecular formula is C11H18N4O2. The van der Waals surface area contributed by atoms with Gasteiger partial charge in [0.1, 0.15) is 5.82 Å². The number of aromatic amines is 1. The first-order valence-electron chi connectivity index (χ1n) is 6.00. The fourth-order valence-electron chi connectivity index (χ4n) is 2.11. The summed E-state index contributed by atoms with van der Waals surface area (Å²) in [5.74, 6) is 1.05. The summed E-state index contributed by atoms with van der Waals surface area (Å²) in [6.45, 7) is 2.39. The van der Waals surface area contributed by atoms with Crippen molar-refractivity contribution in [2.24, 2.45) is 5.92 Å². The molecule has 1 amide bonds. The minimum Gasteiger partial charge on any atom is -0.393 e. The average Bonchev–Trinajstić information content (AvgIpc) is 2.75. The SMILES string of the molecule is Cc1nc(C(=O)NCC2CCC(O)CC2)n[nH]1. The van der Waals surface area contributed by atoms with E-state index in [1.807, 2.05) is 0 Å². The predicted molar refractivity (Wildman–Crippen MR) is 61.4 cm³/mol. The molecule has 0 aromatic carbocycles. The molecule has 0 radical (unpaired) electrons. The maximum absolute atomic E-state index is 11.7. The second-order valence-electron chi connectivity index (χ2n) is 4.63. The van der Waals surface area contributed by atoms with Crippen LogP contribution in [0.1, 0.15) is 42.1 Å². The van der Waals surface area contributed by atoms with E-state index in [-0.39, 0.29) is 17.8 Å². The van der Waals surface area contributed by atoms with E-state index in [1.54, 1.807) is 6.92 Å². The maximum atomic E-state index is 11.7. The lowest BCUT2D eigenvalue weighted by molar-refractivity contribution is 0.0901. The van der Waals surface area contributed by atoms with E-state index < -0.39 is 0 Å². The summed E-state index contributed by atoms with van der Waals surface area (Å²) < 4.78 is 0. The highest BCUT2D eigenvalue weighted by atomic mass is 16.3. The number of nitrogens with one attached hydrogen (secondary N) is 2. The van der Waals surface area contributed by atoms with Crippen LogP contribution in [0.25, 0.3) is 0 Å². The molecule has 1 fully saturated rings. The lowest BCUT2D eigenvalue weighted by Gasteiger charge is -2.25. The van der Waals surface area contributed by atoms with Crippen molar-refractivity contribution in [3.63, 3.8) is 0 Å². The van der Waals surface area contributed by atoms with E-state index in [2.05, 4.69) is 20.5 Å². The minimum atomic E-state index is -0.236. The van der Waals surface area contributed by atoms with E-state index in [0.717, 1.165) is 25.7 Å². The van der Waals surface area contributed by atoms with Gasteiger partial charge in [0, 0.05) is 6.54 Å². The zero-order valence-electron chi connectivity index (χ0n) is 9.94. The second-order valence-corrected chi connectivity index (χ2v) is 4.63. The van der Waals surface area contributed by atoms with Gasteiger partial charge in [0.05, 0.1) is 6.10 Å². The number of hydrogen-bond acceptors (Lipinski definition) is 4. The van der Waals surface area contributed by atoms with E-state index in [4.69, 9.17) is 0 Å². The predicted octanol–water partition coefficient (Wildman–Crippen LogP) is 0.394. The Labute approximate surface area is 99.8 Å².